The third-order valence-electron chi connectivity index (χ3n) is 3.08. The molecule has 1 amide bonds. The number of carbonyl (C=O) groups is 2. The highest BCUT2D eigenvalue weighted by molar-refractivity contribution is 7.17. The number of anilines is 1. The van der Waals surface area contributed by atoms with Gasteiger partial charge in [-0.3, -0.25) is 9.59 Å². The molecule has 4 nitrogen and oxygen atoms in total. The zero-order valence-electron chi connectivity index (χ0n) is 11.9. The van der Waals surface area contributed by atoms with E-state index in [1.165, 1.54) is 11.3 Å². The molecule has 0 unspecified atom stereocenters. The molecule has 1 aromatic heterocycles. The molecular weight excluding hydrogens is 260 g/mol. The first-order valence-electron chi connectivity index (χ1n) is 6.59. The van der Waals surface area contributed by atoms with Gasteiger partial charge >= 0.3 is 0 Å². The van der Waals surface area contributed by atoms with Crippen molar-refractivity contribution in [3.63, 3.8) is 0 Å². The zero-order chi connectivity index (χ0) is 14.2. The normalized spacial score (nSPS) is 17.4. The molecule has 1 aromatic rings. The highest BCUT2D eigenvalue weighted by Crippen LogP contribution is 2.38. The minimum absolute atomic E-state index is 0.0304. The van der Waals surface area contributed by atoms with Gasteiger partial charge in [0.05, 0.1) is 10.6 Å². The maximum atomic E-state index is 12.0. The summed E-state index contributed by atoms with van der Waals surface area (Å²) in [6.45, 7) is 8.14. The number of Topliss-reactive ketones (excluding diaryl/α,β-unsaturated/α-hetero) is 1. The van der Waals surface area contributed by atoms with Crippen molar-refractivity contribution in [3.8, 4) is 0 Å². The molecule has 1 aliphatic rings. The number of amides is 1. The molecule has 0 saturated heterocycles. The zero-order valence-corrected chi connectivity index (χ0v) is 12.7. The Balaban J connectivity index is 2.15. The number of hydrogen-bond acceptors (Lipinski definition) is 4. The highest BCUT2D eigenvalue weighted by atomic mass is 32.1. The fourth-order valence-corrected chi connectivity index (χ4v) is 3.25. The van der Waals surface area contributed by atoms with Crippen LogP contribution in [0.15, 0.2) is 0 Å². The Kier molecular flexibility index (Phi) is 3.76. The molecule has 2 rings (SSSR count). The summed E-state index contributed by atoms with van der Waals surface area (Å²) in [5.41, 5.74) is 0.809. The van der Waals surface area contributed by atoms with E-state index < -0.39 is 0 Å². The van der Waals surface area contributed by atoms with Crippen molar-refractivity contribution >= 4 is 28.2 Å². The van der Waals surface area contributed by atoms with Gasteiger partial charge in [0.15, 0.2) is 10.9 Å². The Morgan fingerprint density at radius 3 is 2.74 bits per heavy atom. The number of fused-ring (bicyclic) bond motifs is 1. The van der Waals surface area contributed by atoms with Gasteiger partial charge in [0.25, 0.3) is 0 Å². The van der Waals surface area contributed by atoms with Crippen LogP contribution < -0.4 is 5.32 Å². The second-order valence-corrected chi connectivity index (χ2v) is 7.38. The number of aromatic nitrogens is 1. The molecule has 0 aliphatic heterocycles. The first-order chi connectivity index (χ1) is 8.77. The van der Waals surface area contributed by atoms with Crippen molar-refractivity contribution in [2.24, 2.45) is 11.3 Å². The van der Waals surface area contributed by atoms with Gasteiger partial charge in [0.1, 0.15) is 0 Å². The molecule has 1 heterocycles. The minimum atomic E-state index is -0.0344. The lowest BCUT2D eigenvalue weighted by atomic mass is 9.78. The van der Waals surface area contributed by atoms with Gasteiger partial charge < -0.3 is 5.32 Å². The van der Waals surface area contributed by atoms with Crippen molar-refractivity contribution in [3.05, 3.63) is 10.6 Å². The quantitative estimate of drug-likeness (QED) is 0.924. The van der Waals surface area contributed by atoms with Crippen LogP contribution in [-0.2, 0) is 11.2 Å². The average molecular weight is 280 g/mol. The molecular formula is C14H20N2O2S. The lowest BCUT2D eigenvalue weighted by Crippen LogP contribution is -2.26. The van der Waals surface area contributed by atoms with Gasteiger partial charge in [-0.2, -0.15) is 0 Å². The van der Waals surface area contributed by atoms with Crippen molar-refractivity contribution < 1.29 is 9.59 Å². The summed E-state index contributed by atoms with van der Waals surface area (Å²) in [7, 11) is 0. The number of thiazole rings is 1. The molecule has 19 heavy (non-hydrogen) atoms. The van der Waals surface area contributed by atoms with Crippen molar-refractivity contribution in [1.29, 1.82) is 0 Å². The third kappa shape index (κ3) is 3.41. The van der Waals surface area contributed by atoms with E-state index in [-0.39, 0.29) is 17.1 Å². The molecule has 0 bridgehead atoms. The highest BCUT2D eigenvalue weighted by Gasteiger charge is 2.34. The Morgan fingerprint density at radius 1 is 1.42 bits per heavy atom. The van der Waals surface area contributed by atoms with Crippen LogP contribution >= 0.6 is 11.3 Å². The van der Waals surface area contributed by atoms with Crippen LogP contribution in [0.3, 0.4) is 0 Å². The molecule has 0 aromatic carbocycles. The fraction of sp³-hybridized carbons (Fsp3) is 0.643. The van der Waals surface area contributed by atoms with Crippen molar-refractivity contribution in [1.82, 2.24) is 4.98 Å². The first kappa shape index (κ1) is 14.2. The van der Waals surface area contributed by atoms with Gasteiger partial charge in [-0.15, -0.1) is 0 Å². The first-order valence-corrected chi connectivity index (χ1v) is 7.41. The molecule has 0 spiro atoms. The van der Waals surface area contributed by atoms with E-state index in [4.69, 9.17) is 0 Å². The van der Waals surface area contributed by atoms with Crippen molar-refractivity contribution in [2.45, 2.75) is 47.0 Å². The van der Waals surface area contributed by atoms with E-state index in [0.717, 1.165) is 17.0 Å². The van der Waals surface area contributed by atoms with Crippen LogP contribution in [0.4, 0.5) is 5.13 Å². The summed E-state index contributed by atoms with van der Waals surface area (Å²) in [6.07, 6.45) is 1.83. The molecule has 0 atom stereocenters. The summed E-state index contributed by atoms with van der Waals surface area (Å²) >= 11 is 1.31. The summed E-state index contributed by atoms with van der Waals surface area (Å²) in [5, 5.41) is 3.35. The number of hydrogen-bond donors (Lipinski definition) is 1. The van der Waals surface area contributed by atoms with Gasteiger partial charge in [-0.25, -0.2) is 4.98 Å². The monoisotopic (exact) mass is 280 g/mol. The van der Waals surface area contributed by atoms with Crippen molar-refractivity contribution in [2.75, 3.05) is 5.32 Å². The number of nitrogens with one attached hydrogen (secondary N) is 1. The number of rotatable bonds is 3. The van der Waals surface area contributed by atoms with Crippen LogP contribution in [0, 0.1) is 11.3 Å². The lowest BCUT2D eigenvalue weighted by molar-refractivity contribution is -0.116. The lowest BCUT2D eigenvalue weighted by Gasteiger charge is -2.26. The van der Waals surface area contributed by atoms with E-state index in [9.17, 15) is 9.59 Å². The molecule has 5 heteroatoms. The Morgan fingerprint density at radius 2 is 2.11 bits per heavy atom. The Labute approximate surface area is 117 Å². The molecule has 1 aliphatic carbocycles. The number of carbonyl (C=O) groups excluding carboxylic acids is 2. The summed E-state index contributed by atoms with van der Waals surface area (Å²) in [4.78, 5) is 28.9. The molecule has 0 fully saturated rings. The van der Waals surface area contributed by atoms with Crippen LogP contribution in [0.25, 0.3) is 0 Å². The van der Waals surface area contributed by atoms with E-state index in [1.54, 1.807) is 0 Å². The predicted octanol–water partition coefficient (Wildman–Crippen LogP) is 3.28. The van der Waals surface area contributed by atoms with Crippen LogP contribution in [0.5, 0.6) is 0 Å². The summed E-state index contributed by atoms with van der Waals surface area (Å²) in [6, 6.07) is 0. The second kappa shape index (κ2) is 5.04. The Hall–Kier alpha value is -1.23. The smallest absolute Gasteiger partial charge is 0.226 e. The van der Waals surface area contributed by atoms with Crippen LogP contribution in [0.2, 0.25) is 0 Å². The average Bonchev–Trinajstić information content (AvgIpc) is 2.56. The van der Waals surface area contributed by atoms with E-state index in [0.29, 0.717) is 23.9 Å². The van der Waals surface area contributed by atoms with E-state index in [2.05, 4.69) is 24.1 Å². The molecule has 0 saturated carbocycles. The van der Waals surface area contributed by atoms with Gasteiger partial charge in [-0.05, 0) is 17.8 Å². The van der Waals surface area contributed by atoms with Gasteiger partial charge in [-0.1, -0.05) is 39.0 Å². The topological polar surface area (TPSA) is 59.1 Å². The molecule has 104 valence electrons. The summed E-state index contributed by atoms with van der Waals surface area (Å²) in [5.74, 6) is 0.427. The number of ketones is 1. The standard InChI is InChI=1S/C14H20N2O2S/c1-8(2)5-11(18)16-13-15-9-6-14(3,4)7-10(17)12(9)19-13/h8H,5-7H2,1-4H3,(H,15,16,18). The fourth-order valence-electron chi connectivity index (χ4n) is 2.31. The number of nitrogens with zero attached hydrogens (tertiary/aromatic N) is 1. The van der Waals surface area contributed by atoms with Gasteiger partial charge in [0, 0.05) is 12.8 Å². The maximum Gasteiger partial charge on any atom is 0.226 e. The predicted molar refractivity (Wildman–Crippen MR) is 76.6 cm³/mol. The van der Waals surface area contributed by atoms with E-state index >= 15 is 0 Å². The van der Waals surface area contributed by atoms with E-state index in [1.807, 2.05) is 13.8 Å². The maximum absolute atomic E-state index is 12.0. The molecule has 1 N–H and O–H groups in total. The SMILES string of the molecule is CC(C)CC(=O)Nc1nc2c(s1)C(=O)CC(C)(C)C2. The Bertz CT molecular complexity index is 518. The summed E-state index contributed by atoms with van der Waals surface area (Å²) < 4.78 is 0. The minimum Gasteiger partial charge on any atom is -0.302 e. The van der Waals surface area contributed by atoms with Crippen LogP contribution in [-0.4, -0.2) is 16.7 Å². The van der Waals surface area contributed by atoms with Gasteiger partial charge in [0.2, 0.25) is 5.91 Å². The van der Waals surface area contributed by atoms with Crippen LogP contribution in [0.1, 0.15) is 55.9 Å². The second-order valence-electron chi connectivity index (χ2n) is 6.38. The largest absolute Gasteiger partial charge is 0.302 e. The molecule has 0 radical (unpaired) electrons. The third-order valence-corrected chi connectivity index (χ3v) is 4.13.